The maximum absolute atomic E-state index is 5.38. The van der Waals surface area contributed by atoms with Crippen molar-refractivity contribution in [2.75, 3.05) is 17.7 Å². The molecule has 0 unspecified atom stereocenters. The lowest BCUT2D eigenvalue weighted by Crippen LogP contribution is -2.01. The number of rotatable bonds is 5. The summed E-state index contributed by atoms with van der Waals surface area (Å²) in [5.41, 5.74) is 2.93. The largest absolute Gasteiger partial charge is 0.495 e. The lowest BCUT2D eigenvalue weighted by molar-refractivity contribution is 0.416. The van der Waals surface area contributed by atoms with Crippen molar-refractivity contribution in [3.63, 3.8) is 0 Å². The van der Waals surface area contributed by atoms with Crippen molar-refractivity contribution in [3.05, 3.63) is 64.8 Å². The lowest BCUT2D eigenvalue weighted by atomic mass is 10.2. The van der Waals surface area contributed by atoms with Gasteiger partial charge in [-0.1, -0.05) is 22.0 Å². The molecule has 2 N–H and O–H groups in total. The number of halogens is 1. The van der Waals surface area contributed by atoms with E-state index in [1.54, 1.807) is 13.3 Å². The van der Waals surface area contributed by atoms with Gasteiger partial charge in [0.15, 0.2) is 0 Å². The minimum absolute atomic E-state index is 0.522. The Morgan fingerprint density at radius 2 is 1.79 bits per heavy atom. The van der Waals surface area contributed by atoms with E-state index in [2.05, 4.69) is 36.5 Å². The Kier molecular flexibility index (Phi) is 4.96. The number of anilines is 4. The van der Waals surface area contributed by atoms with Crippen LogP contribution in [0.15, 0.2) is 59.2 Å². The minimum Gasteiger partial charge on any atom is -0.495 e. The van der Waals surface area contributed by atoms with Crippen LogP contribution in [0.1, 0.15) is 5.56 Å². The van der Waals surface area contributed by atoms with Crippen molar-refractivity contribution < 1.29 is 4.74 Å². The quantitative estimate of drug-likeness (QED) is 0.644. The monoisotopic (exact) mass is 384 g/mol. The number of benzene rings is 2. The first-order valence-corrected chi connectivity index (χ1v) is 8.20. The molecule has 122 valence electrons. The van der Waals surface area contributed by atoms with Crippen LogP contribution in [0.4, 0.5) is 23.1 Å². The third-order valence-corrected chi connectivity index (χ3v) is 3.90. The maximum Gasteiger partial charge on any atom is 0.229 e. The van der Waals surface area contributed by atoms with Crippen molar-refractivity contribution in [1.82, 2.24) is 9.97 Å². The molecule has 0 fully saturated rings. The molecule has 1 heterocycles. The number of hydrogen-bond donors (Lipinski definition) is 2. The molecule has 3 aromatic rings. The standard InChI is InChI=1S/C18H17BrN4O/c1-12-3-8-16(24-2)15(11-12)22-17-9-10-20-18(23-17)21-14-6-4-13(19)5-7-14/h3-11H,1-2H3,(H2,20,21,22,23). The third-order valence-electron chi connectivity index (χ3n) is 3.37. The van der Waals surface area contributed by atoms with Gasteiger partial charge < -0.3 is 15.4 Å². The van der Waals surface area contributed by atoms with Gasteiger partial charge in [0, 0.05) is 16.4 Å². The topological polar surface area (TPSA) is 59.1 Å². The van der Waals surface area contributed by atoms with Gasteiger partial charge >= 0.3 is 0 Å². The van der Waals surface area contributed by atoms with Crippen molar-refractivity contribution in [3.8, 4) is 5.75 Å². The molecule has 0 aliphatic carbocycles. The van der Waals surface area contributed by atoms with Crippen molar-refractivity contribution in [1.29, 1.82) is 0 Å². The molecule has 0 saturated carbocycles. The first-order chi connectivity index (χ1) is 11.6. The maximum atomic E-state index is 5.38. The highest BCUT2D eigenvalue weighted by Crippen LogP contribution is 2.28. The Morgan fingerprint density at radius 3 is 2.54 bits per heavy atom. The van der Waals surface area contributed by atoms with E-state index in [1.807, 2.05) is 55.5 Å². The highest BCUT2D eigenvalue weighted by molar-refractivity contribution is 9.10. The second-order valence-electron chi connectivity index (χ2n) is 5.23. The highest BCUT2D eigenvalue weighted by Gasteiger charge is 2.06. The van der Waals surface area contributed by atoms with E-state index in [4.69, 9.17) is 4.74 Å². The zero-order chi connectivity index (χ0) is 16.9. The summed E-state index contributed by atoms with van der Waals surface area (Å²) in [6.07, 6.45) is 1.71. The van der Waals surface area contributed by atoms with Gasteiger partial charge in [0.25, 0.3) is 0 Å². The highest BCUT2D eigenvalue weighted by atomic mass is 79.9. The van der Waals surface area contributed by atoms with Gasteiger partial charge in [-0.2, -0.15) is 4.98 Å². The van der Waals surface area contributed by atoms with Gasteiger partial charge in [-0.3, -0.25) is 0 Å². The van der Waals surface area contributed by atoms with Gasteiger partial charge in [-0.05, 0) is 55.0 Å². The van der Waals surface area contributed by atoms with E-state index < -0.39 is 0 Å². The summed E-state index contributed by atoms with van der Waals surface area (Å²) in [5.74, 6) is 1.98. The predicted octanol–water partition coefficient (Wildman–Crippen LogP) is 5.04. The fraction of sp³-hybridized carbons (Fsp3) is 0.111. The summed E-state index contributed by atoms with van der Waals surface area (Å²) in [6.45, 7) is 2.03. The summed E-state index contributed by atoms with van der Waals surface area (Å²) in [7, 11) is 1.65. The summed E-state index contributed by atoms with van der Waals surface area (Å²) in [5, 5.41) is 6.46. The molecule has 5 nitrogen and oxygen atoms in total. The zero-order valence-electron chi connectivity index (χ0n) is 13.4. The molecular weight excluding hydrogens is 368 g/mol. The number of aromatic nitrogens is 2. The van der Waals surface area contributed by atoms with E-state index in [0.717, 1.165) is 27.2 Å². The second-order valence-corrected chi connectivity index (χ2v) is 6.14. The number of ether oxygens (including phenoxy) is 1. The first-order valence-electron chi connectivity index (χ1n) is 7.41. The molecule has 1 aromatic heterocycles. The molecule has 24 heavy (non-hydrogen) atoms. The lowest BCUT2D eigenvalue weighted by Gasteiger charge is -2.12. The fourth-order valence-corrected chi connectivity index (χ4v) is 2.47. The average molecular weight is 385 g/mol. The van der Waals surface area contributed by atoms with Gasteiger partial charge in [0.05, 0.1) is 12.8 Å². The third kappa shape index (κ3) is 4.02. The molecule has 0 aliphatic heterocycles. The molecule has 3 rings (SSSR count). The normalized spacial score (nSPS) is 10.3. The molecule has 0 atom stereocenters. The van der Waals surface area contributed by atoms with E-state index in [9.17, 15) is 0 Å². The number of nitrogens with zero attached hydrogens (tertiary/aromatic N) is 2. The van der Waals surface area contributed by atoms with E-state index in [0.29, 0.717) is 11.8 Å². The summed E-state index contributed by atoms with van der Waals surface area (Å²) in [6, 6.07) is 15.6. The molecule has 0 bridgehead atoms. The van der Waals surface area contributed by atoms with Crippen molar-refractivity contribution in [2.45, 2.75) is 6.92 Å². The van der Waals surface area contributed by atoms with Gasteiger partial charge in [-0.15, -0.1) is 0 Å². The van der Waals surface area contributed by atoms with Crippen LogP contribution in [0.2, 0.25) is 0 Å². The Labute approximate surface area is 149 Å². The van der Waals surface area contributed by atoms with Crippen LogP contribution in [0, 0.1) is 6.92 Å². The molecule has 0 aliphatic rings. The Balaban J connectivity index is 1.80. The molecule has 0 radical (unpaired) electrons. The van der Waals surface area contributed by atoms with E-state index in [-0.39, 0.29) is 0 Å². The van der Waals surface area contributed by atoms with Crippen LogP contribution < -0.4 is 15.4 Å². The van der Waals surface area contributed by atoms with Gasteiger partial charge in [0.1, 0.15) is 11.6 Å². The number of nitrogens with one attached hydrogen (secondary N) is 2. The second kappa shape index (κ2) is 7.31. The van der Waals surface area contributed by atoms with Crippen LogP contribution >= 0.6 is 15.9 Å². The molecule has 0 saturated heterocycles. The van der Waals surface area contributed by atoms with Crippen LogP contribution in [0.25, 0.3) is 0 Å². The molecule has 6 heteroatoms. The van der Waals surface area contributed by atoms with Crippen molar-refractivity contribution in [2.24, 2.45) is 0 Å². The summed E-state index contributed by atoms with van der Waals surface area (Å²) in [4.78, 5) is 8.74. The smallest absolute Gasteiger partial charge is 0.229 e. The minimum atomic E-state index is 0.522. The van der Waals surface area contributed by atoms with Crippen molar-refractivity contribution >= 4 is 39.1 Å². The Morgan fingerprint density at radius 1 is 1.00 bits per heavy atom. The van der Waals surface area contributed by atoms with E-state index >= 15 is 0 Å². The predicted molar refractivity (Wildman–Crippen MR) is 100 cm³/mol. The SMILES string of the molecule is COc1ccc(C)cc1Nc1ccnc(Nc2ccc(Br)cc2)n1. The zero-order valence-corrected chi connectivity index (χ0v) is 15.0. The average Bonchev–Trinajstić information content (AvgIpc) is 2.58. The van der Waals surface area contributed by atoms with Gasteiger partial charge in [-0.25, -0.2) is 4.98 Å². The molecule has 0 amide bonds. The summed E-state index contributed by atoms with van der Waals surface area (Å²) >= 11 is 3.42. The number of aryl methyl sites for hydroxylation is 1. The van der Waals surface area contributed by atoms with Crippen LogP contribution in [0.3, 0.4) is 0 Å². The van der Waals surface area contributed by atoms with Crippen LogP contribution in [-0.4, -0.2) is 17.1 Å². The molecular formula is C18H17BrN4O. The summed E-state index contributed by atoms with van der Waals surface area (Å²) < 4.78 is 6.41. The fourth-order valence-electron chi connectivity index (χ4n) is 2.21. The van der Waals surface area contributed by atoms with E-state index in [1.165, 1.54) is 0 Å². The van der Waals surface area contributed by atoms with Crippen LogP contribution in [0.5, 0.6) is 5.75 Å². The Hall–Kier alpha value is -2.60. The number of hydrogen-bond acceptors (Lipinski definition) is 5. The number of methoxy groups -OCH3 is 1. The Bertz CT molecular complexity index is 837. The molecule has 0 spiro atoms. The van der Waals surface area contributed by atoms with Gasteiger partial charge in [0.2, 0.25) is 5.95 Å². The molecule has 2 aromatic carbocycles. The first kappa shape index (κ1) is 16.3. The van der Waals surface area contributed by atoms with Crippen LogP contribution in [-0.2, 0) is 0 Å².